The van der Waals surface area contributed by atoms with Gasteiger partial charge in [-0.2, -0.15) is 0 Å². The molecule has 0 radical (unpaired) electrons. The number of carbonyl (C=O) groups excluding carboxylic acids is 1. The molecule has 0 saturated heterocycles. The fraction of sp³-hybridized carbons (Fsp3) is 0.294. The van der Waals surface area contributed by atoms with E-state index < -0.39 is 0 Å². The maximum atomic E-state index is 12.6. The van der Waals surface area contributed by atoms with E-state index in [2.05, 4.69) is 30.2 Å². The predicted octanol–water partition coefficient (Wildman–Crippen LogP) is 1.78. The molecule has 3 aromatic rings. The van der Waals surface area contributed by atoms with Crippen LogP contribution in [0.3, 0.4) is 0 Å². The molecule has 0 atom stereocenters. The van der Waals surface area contributed by atoms with E-state index in [4.69, 9.17) is 5.73 Å². The van der Waals surface area contributed by atoms with Gasteiger partial charge in [0.15, 0.2) is 10.8 Å². The minimum Gasteiger partial charge on any atom is -0.368 e. The second-order valence-electron chi connectivity index (χ2n) is 5.96. The van der Waals surface area contributed by atoms with Crippen LogP contribution in [-0.2, 0) is 19.4 Å². The van der Waals surface area contributed by atoms with Crippen LogP contribution >= 0.6 is 11.3 Å². The molecule has 4 rings (SSSR count). The highest BCUT2D eigenvalue weighted by atomic mass is 32.1. The molecule has 0 spiro atoms. The molecule has 1 aliphatic rings. The van der Waals surface area contributed by atoms with E-state index in [-0.39, 0.29) is 11.9 Å². The summed E-state index contributed by atoms with van der Waals surface area (Å²) in [5, 5.41) is 5.48. The standard InChI is InChI=1S/C17H17N7OS/c18-17-23-12-5-2-1-4-11(12)13(24-17)15(25)21-8-10-9-26-16(22-10)14-19-6-3-7-20-14/h3,6-7,9H,1-2,4-5,8H2,(H,21,25)(H2,18,23,24). The molecule has 0 saturated carbocycles. The molecular weight excluding hydrogens is 350 g/mol. The Hall–Kier alpha value is -2.94. The molecule has 3 aromatic heterocycles. The number of hydrogen-bond donors (Lipinski definition) is 2. The van der Waals surface area contributed by atoms with Crippen molar-refractivity contribution >= 4 is 23.2 Å². The van der Waals surface area contributed by atoms with Gasteiger partial charge < -0.3 is 11.1 Å². The number of aryl methyl sites for hydroxylation is 1. The summed E-state index contributed by atoms with van der Waals surface area (Å²) in [6.45, 7) is 0.306. The van der Waals surface area contributed by atoms with Crippen molar-refractivity contribution in [3.63, 3.8) is 0 Å². The van der Waals surface area contributed by atoms with Crippen molar-refractivity contribution in [1.29, 1.82) is 0 Å². The quantitative estimate of drug-likeness (QED) is 0.721. The molecular formula is C17H17N7OS. The van der Waals surface area contributed by atoms with Crippen molar-refractivity contribution in [2.24, 2.45) is 0 Å². The Labute approximate surface area is 154 Å². The van der Waals surface area contributed by atoms with Crippen LogP contribution in [0.15, 0.2) is 23.8 Å². The first kappa shape index (κ1) is 16.5. The summed E-state index contributed by atoms with van der Waals surface area (Å²) in [5.74, 6) is 0.475. The van der Waals surface area contributed by atoms with Crippen molar-refractivity contribution in [3.05, 3.63) is 46.5 Å². The normalized spacial score (nSPS) is 13.2. The van der Waals surface area contributed by atoms with Crippen LogP contribution in [0.5, 0.6) is 0 Å². The number of hydrogen-bond acceptors (Lipinski definition) is 8. The zero-order chi connectivity index (χ0) is 17.9. The van der Waals surface area contributed by atoms with E-state index in [1.807, 2.05) is 5.38 Å². The van der Waals surface area contributed by atoms with E-state index >= 15 is 0 Å². The van der Waals surface area contributed by atoms with Gasteiger partial charge in [0, 0.05) is 29.0 Å². The van der Waals surface area contributed by atoms with Crippen LogP contribution < -0.4 is 11.1 Å². The van der Waals surface area contributed by atoms with E-state index in [1.54, 1.807) is 18.5 Å². The zero-order valence-electron chi connectivity index (χ0n) is 14.0. The third-order valence-corrected chi connectivity index (χ3v) is 5.04. The topological polar surface area (TPSA) is 120 Å². The van der Waals surface area contributed by atoms with E-state index in [0.717, 1.165) is 47.6 Å². The number of thiazole rings is 1. The average Bonchev–Trinajstić information content (AvgIpc) is 3.15. The summed E-state index contributed by atoms with van der Waals surface area (Å²) < 4.78 is 0. The van der Waals surface area contributed by atoms with Crippen molar-refractivity contribution < 1.29 is 4.79 Å². The molecule has 9 heteroatoms. The lowest BCUT2D eigenvalue weighted by Gasteiger charge is -2.17. The van der Waals surface area contributed by atoms with Gasteiger partial charge in [0.2, 0.25) is 5.95 Å². The summed E-state index contributed by atoms with van der Waals surface area (Å²) in [5.41, 5.74) is 8.71. The maximum Gasteiger partial charge on any atom is 0.270 e. The first-order valence-corrected chi connectivity index (χ1v) is 9.24. The van der Waals surface area contributed by atoms with Crippen molar-refractivity contribution in [3.8, 4) is 10.8 Å². The highest BCUT2D eigenvalue weighted by molar-refractivity contribution is 7.13. The van der Waals surface area contributed by atoms with Crippen LogP contribution in [0.4, 0.5) is 5.95 Å². The third kappa shape index (κ3) is 3.38. The molecule has 26 heavy (non-hydrogen) atoms. The zero-order valence-corrected chi connectivity index (χ0v) is 14.8. The van der Waals surface area contributed by atoms with Crippen molar-refractivity contribution in [2.45, 2.75) is 32.2 Å². The summed E-state index contributed by atoms with van der Waals surface area (Å²) in [6.07, 6.45) is 7.10. The molecule has 132 valence electrons. The fourth-order valence-corrected chi connectivity index (χ4v) is 3.72. The van der Waals surface area contributed by atoms with Gasteiger partial charge in [-0.25, -0.2) is 24.9 Å². The molecule has 3 N–H and O–H groups in total. The molecule has 1 aliphatic carbocycles. The Kier molecular flexibility index (Phi) is 4.53. The number of rotatable bonds is 4. The largest absolute Gasteiger partial charge is 0.368 e. The summed E-state index contributed by atoms with van der Waals surface area (Å²) >= 11 is 1.44. The van der Waals surface area contributed by atoms with Gasteiger partial charge >= 0.3 is 0 Å². The molecule has 0 aromatic carbocycles. The number of nitrogens with zero attached hydrogens (tertiary/aromatic N) is 5. The van der Waals surface area contributed by atoms with E-state index in [0.29, 0.717) is 18.1 Å². The molecule has 0 bridgehead atoms. The second kappa shape index (κ2) is 7.12. The summed E-state index contributed by atoms with van der Waals surface area (Å²) in [7, 11) is 0. The number of nitrogens with two attached hydrogens (primary N) is 1. The van der Waals surface area contributed by atoms with Crippen LogP contribution in [0, 0.1) is 0 Å². The smallest absolute Gasteiger partial charge is 0.270 e. The van der Waals surface area contributed by atoms with Gasteiger partial charge in [-0.3, -0.25) is 4.79 Å². The maximum absolute atomic E-state index is 12.6. The Morgan fingerprint density at radius 3 is 2.81 bits per heavy atom. The molecule has 1 amide bonds. The van der Waals surface area contributed by atoms with Crippen molar-refractivity contribution in [1.82, 2.24) is 30.2 Å². The van der Waals surface area contributed by atoms with Crippen molar-refractivity contribution in [2.75, 3.05) is 5.73 Å². The fourth-order valence-electron chi connectivity index (χ4n) is 2.96. The SMILES string of the molecule is Nc1nc2c(c(C(=O)NCc3csc(-c4ncccn4)n3)n1)CCCC2. The molecule has 0 unspecified atom stereocenters. The first-order chi connectivity index (χ1) is 12.7. The number of nitrogen functional groups attached to an aromatic ring is 1. The van der Waals surface area contributed by atoms with Gasteiger partial charge in [-0.05, 0) is 31.7 Å². The van der Waals surface area contributed by atoms with Crippen LogP contribution in [0.25, 0.3) is 10.8 Å². The first-order valence-electron chi connectivity index (χ1n) is 8.36. The molecule has 3 heterocycles. The minimum absolute atomic E-state index is 0.146. The molecule has 0 aliphatic heterocycles. The Morgan fingerprint density at radius 1 is 1.15 bits per heavy atom. The Bertz CT molecular complexity index is 942. The van der Waals surface area contributed by atoms with Gasteiger partial charge in [0.05, 0.1) is 12.2 Å². The average molecular weight is 367 g/mol. The van der Waals surface area contributed by atoms with Crippen LogP contribution in [0.2, 0.25) is 0 Å². The summed E-state index contributed by atoms with van der Waals surface area (Å²) in [6, 6.07) is 1.76. The summed E-state index contributed by atoms with van der Waals surface area (Å²) in [4.78, 5) is 33.9. The third-order valence-electron chi connectivity index (χ3n) is 4.15. The Morgan fingerprint density at radius 2 is 1.96 bits per heavy atom. The number of aromatic nitrogens is 5. The number of fused-ring (bicyclic) bond motifs is 1. The highest BCUT2D eigenvalue weighted by Crippen LogP contribution is 2.23. The lowest BCUT2D eigenvalue weighted by Crippen LogP contribution is -2.27. The predicted molar refractivity (Wildman–Crippen MR) is 97.4 cm³/mol. The number of carbonyl (C=O) groups is 1. The number of amides is 1. The van der Waals surface area contributed by atoms with Crippen LogP contribution in [0.1, 0.15) is 40.3 Å². The second-order valence-corrected chi connectivity index (χ2v) is 6.82. The van der Waals surface area contributed by atoms with Gasteiger partial charge in [-0.15, -0.1) is 11.3 Å². The molecule has 8 nitrogen and oxygen atoms in total. The Balaban J connectivity index is 1.48. The number of nitrogens with one attached hydrogen (secondary N) is 1. The van der Waals surface area contributed by atoms with Gasteiger partial charge in [0.25, 0.3) is 5.91 Å². The lowest BCUT2D eigenvalue weighted by atomic mass is 9.94. The van der Waals surface area contributed by atoms with Crippen LogP contribution in [-0.4, -0.2) is 30.8 Å². The van der Waals surface area contributed by atoms with E-state index in [9.17, 15) is 4.79 Å². The highest BCUT2D eigenvalue weighted by Gasteiger charge is 2.21. The van der Waals surface area contributed by atoms with Gasteiger partial charge in [0.1, 0.15) is 5.69 Å². The van der Waals surface area contributed by atoms with Gasteiger partial charge in [-0.1, -0.05) is 0 Å². The number of anilines is 1. The minimum atomic E-state index is -0.247. The molecule has 0 fully saturated rings. The monoisotopic (exact) mass is 367 g/mol. The lowest BCUT2D eigenvalue weighted by molar-refractivity contribution is 0.0944. The van der Waals surface area contributed by atoms with E-state index in [1.165, 1.54) is 11.3 Å².